The van der Waals surface area contributed by atoms with Crippen LogP contribution in [0.1, 0.15) is 43.2 Å². The second-order valence-corrected chi connectivity index (χ2v) is 7.65. The molecule has 4 rings (SSSR count). The molecule has 1 N–H and O–H groups in total. The molecule has 2 aliphatic rings. The highest BCUT2D eigenvalue weighted by Gasteiger charge is 2.29. The van der Waals surface area contributed by atoms with Crippen LogP contribution >= 0.6 is 0 Å². The number of hydrogen-bond acceptors (Lipinski definition) is 2. The molecule has 0 fully saturated rings. The van der Waals surface area contributed by atoms with Crippen LogP contribution in [0.15, 0.2) is 72.8 Å². The summed E-state index contributed by atoms with van der Waals surface area (Å²) in [4.78, 5) is 20.1. The van der Waals surface area contributed by atoms with E-state index in [9.17, 15) is 9.59 Å². The molecule has 0 bridgehead atoms. The van der Waals surface area contributed by atoms with Crippen molar-refractivity contribution in [3.63, 3.8) is 0 Å². The van der Waals surface area contributed by atoms with E-state index < -0.39 is 0 Å². The fraction of sp³-hybridized carbons (Fsp3) is 0.308. The van der Waals surface area contributed by atoms with Crippen LogP contribution in [0.2, 0.25) is 0 Å². The fourth-order valence-corrected chi connectivity index (χ4v) is 3.82. The second-order valence-electron chi connectivity index (χ2n) is 7.65. The highest BCUT2D eigenvalue weighted by atomic mass is 16.2. The van der Waals surface area contributed by atoms with E-state index in [-0.39, 0.29) is 17.2 Å². The Hall–Kier alpha value is -3.12. The summed E-state index contributed by atoms with van der Waals surface area (Å²) in [5, 5.41) is 2.03. The standard InChI is InChI=1S/C22H24.C4H3NO2/c1-2-10-16-22(17-11-3-1,18-20-12-6-4-7-13-20)19-21-14-8-5-9-15-21;6-3-1-2-4(7)5-3/h4-9,12-15H,1-3,10,16,18-19H2;1-2H,(H,5,6,7). The van der Waals surface area contributed by atoms with Gasteiger partial charge in [0.25, 0.3) is 11.8 Å². The van der Waals surface area contributed by atoms with Crippen LogP contribution in [0.4, 0.5) is 0 Å². The highest BCUT2D eigenvalue weighted by Crippen LogP contribution is 2.34. The Morgan fingerprint density at radius 1 is 0.759 bits per heavy atom. The maximum Gasteiger partial charge on any atom is 0.250 e. The molecule has 3 heteroatoms. The van der Waals surface area contributed by atoms with Gasteiger partial charge >= 0.3 is 0 Å². The Bertz CT molecular complexity index is 846. The molecular weight excluding hydrogens is 358 g/mol. The maximum absolute atomic E-state index is 10.0. The van der Waals surface area contributed by atoms with Crippen LogP contribution in [-0.2, 0) is 22.4 Å². The molecule has 0 saturated heterocycles. The first kappa shape index (κ1) is 20.6. The van der Waals surface area contributed by atoms with Gasteiger partial charge in [0.2, 0.25) is 0 Å². The van der Waals surface area contributed by atoms with Crippen molar-refractivity contribution in [1.82, 2.24) is 5.32 Å². The SMILES string of the molecule is C1#CC(Cc2ccccc2)(Cc2ccccc2)CCCCC1.O=C1C=CC(=O)N1. The lowest BCUT2D eigenvalue weighted by Crippen LogP contribution is -2.26. The number of hydrogen-bond donors (Lipinski definition) is 1. The van der Waals surface area contributed by atoms with Crippen molar-refractivity contribution < 1.29 is 9.59 Å². The van der Waals surface area contributed by atoms with Gasteiger partial charge in [-0.05, 0) is 36.8 Å². The van der Waals surface area contributed by atoms with Crippen molar-refractivity contribution in [1.29, 1.82) is 0 Å². The van der Waals surface area contributed by atoms with Crippen LogP contribution in [0.25, 0.3) is 0 Å². The zero-order valence-corrected chi connectivity index (χ0v) is 16.7. The lowest BCUT2D eigenvalue weighted by Gasteiger charge is -2.30. The van der Waals surface area contributed by atoms with Crippen molar-refractivity contribution in [2.45, 2.75) is 44.9 Å². The van der Waals surface area contributed by atoms with Gasteiger partial charge in [0.1, 0.15) is 0 Å². The molecule has 148 valence electrons. The lowest BCUT2D eigenvalue weighted by atomic mass is 9.72. The maximum atomic E-state index is 10.0. The predicted octanol–water partition coefficient (Wildman–Crippen LogP) is 4.62. The Kier molecular flexibility index (Phi) is 7.41. The minimum Gasteiger partial charge on any atom is -0.289 e. The second kappa shape index (κ2) is 10.4. The molecule has 0 spiro atoms. The van der Waals surface area contributed by atoms with Gasteiger partial charge in [-0.15, -0.1) is 5.92 Å². The monoisotopic (exact) mass is 385 g/mol. The van der Waals surface area contributed by atoms with Crippen molar-refractivity contribution in [2.75, 3.05) is 0 Å². The van der Waals surface area contributed by atoms with Crippen LogP contribution < -0.4 is 5.32 Å². The Morgan fingerprint density at radius 2 is 1.31 bits per heavy atom. The zero-order valence-electron chi connectivity index (χ0n) is 16.7. The van der Waals surface area contributed by atoms with Crippen molar-refractivity contribution in [3.05, 3.63) is 83.9 Å². The molecule has 2 amide bonds. The number of rotatable bonds is 4. The molecule has 1 aliphatic heterocycles. The molecule has 2 aromatic carbocycles. The number of nitrogens with one attached hydrogen (secondary N) is 1. The van der Waals surface area contributed by atoms with Gasteiger partial charge in [-0.25, -0.2) is 0 Å². The van der Waals surface area contributed by atoms with E-state index >= 15 is 0 Å². The average Bonchev–Trinajstić information content (AvgIpc) is 3.10. The van der Waals surface area contributed by atoms with Gasteiger partial charge in [-0.2, -0.15) is 0 Å². The highest BCUT2D eigenvalue weighted by molar-refractivity contribution is 6.12. The third-order valence-electron chi connectivity index (χ3n) is 5.21. The summed E-state index contributed by atoms with van der Waals surface area (Å²) in [7, 11) is 0. The number of carbonyl (C=O) groups is 2. The third-order valence-corrected chi connectivity index (χ3v) is 5.21. The lowest BCUT2D eigenvalue weighted by molar-refractivity contribution is -0.123. The summed E-state index contributed by atoms with van der Waals surface area (Å²) in [5.74, 6) is 6.49. The largest absolute Gasteiger partial charge is 0.289 e. The van der Waals surface area contributed by atoms with E-state index in [1.807, 2.05) is 5.32 Å². The number of carbonyl (C=O) groups excluding carboxylic acids is 2. The van der Waals surface area contributed by atoms with E-state index in [4.69, 9.17) is 0 Å². The van der Waals surface area contributed by atoms with Gasteiger partial charge in [-0.1, -0.05) is 79.4 Å². The van der Waals surface area contributed by atoms with Gasteiger partial charge in [-0.3, -0.25) is 14.9 Å². The van der Waals surface area contributed by atoms with E-state index in [0.717, 1.165) is 19.3 Å². The van der Waals surface area contributed by atoms with E-state index in [1.54, 1.807) is 0 Å². The van der Waals surface area contributed by atoms with E-state index in [1.165, 1.54) is 49.0 Å². The normalized spacial score (nSPS) is 17.1. The van der Waals surface area contributed by atoms with Gasteiger partial charge in [0, 0.05) is 24.0 Å². The number of amides is 2. The average molecular weight is 386 g/mol. The Morgan fingerprint density at radius 3 is 1.79 bits per heavy atom. The van der Waals surface area contributed by atoms with Crippen molar-refractivity contribution in [2.24, 2.45) is 5.41 Å². The zero-order chi connectivity index (χ0) is 20.4. The first-order valence-corrected chi connectivity index (χ1v) is 10.3. The first-order chi connectivity index (χ1) is 14.2. The summed E-state index contributed by atoms with van der Waals surface area (Å²) in [6.07, 6.45) is 10.7. The van der Waals surface area contributed by atoms with Crippen LogP contribution in [0.5, 0.6) is 0 Å². The van der Waals surface area contributed by atoms with Gasteiger partial charge in [0.15, 0.2) is 0 Å². The molecule has 1 heterocycles. The molecule has 0 aromatic heterocycles. The topological polar surface area (TPSA) is 46.2 Å². The molecule has 0 saturated carbocycles. The first-order valence-electron chi connectivity index (χ1n) is 10.3. The molecule has 29 heavy (non-hydrogen) atoms. The Labute approximate surface area is 173 Å². The van der Waals surface area contributed by atoms with Crippen molar-refractivity contribution in [3.8, 4) is 11.8 Å². The summed E-state index contributed by atoms with van der Waals surface area (Å²) in [6.45, 7) is 0. The van der Waals surface area contributed by atoms with Crippen LogP contribution in [0.3, 0.4) is 0 Å². The molecule has 0 radical (unpaired) electrons. The minimum atomic E-state index is -0.329. The molecule has 0 atom stereocenters. The molecule has 1 aliphatic carbocycles. The smallest absolute Gasteiger partial charge is 0.250 e. The molecular formula is C26H27NO2. The van der Waals surface area contributed by atoms with Crippen LogP contribution in [-0.4, -0.2) is 11.8 Å². The Balaban J connectivity index is 0.000000290. The van der Waals surface area contributed by atoms with Crippen molar-refractivity contribution >= 4 is 11.8 Å². The van der Waals surface area contributed by atoms with Crippen LogP contribution in [0, 0.1) is 17.3 Å². The summed E-state index contributed by atoms with van der Waals surface area (Å²) < 4.78 is 0. The summed E-state index contributed by atoms with van der Waals surface area (Å²) in [6, 6.07) is 21.7. The minimum absolute atomic E-state index is 0.100. The van der Waals surface area contributed by atoms with Gasteiger partial charge in [0.05, 0.1) is 0 Å². The third kappa shape index (κ3) is 6.76. The fourth-order valence-electron chi connectivity index (χ4n) is 3.82. The van der Waals surface area contributed by atoms with E-state index in [2.05, 4.69) is 72.5 Å². The molecule has 0 unspecified atom stereocenters. The molecule has 2 aromatic rings. The van der Waals surface area contributed by atoms with Gasteiger partial charge < -0.3 is 0 Å². The quantitative estimate of drug-likeness (QED) is 0.616. The number of imide groups is 1. The predicted molar refractivity (Wildman–Crippen MR) is 116 cm³/mol. The molecule has 3 nitrogen and oxygen atoms in total. The summed E-state index contributed by atoms with van der Waals surface area (Å²) in [5.41, 5.74) is 2.92. The number of benzene rings is 2. The summed E-state index contributed by atoms with van der Waals surface area (Å²) >= 11 is 0. The van der Waals surface area contributed by atoms with E-state index in [0.29, 0.717) is 0 Å².